The number of aliphatic hydroxyl groups is 1. The fourth-order valence-corrected chi connectivity index (χ4v) is 2.91. The van der Waals surface area contributed by atoms with Gasteiger partial charge in [0.05, 0.1) is 18.6 Å². The standard InChI is InChI=1S/C20H37N5O8/c1-4-10(2)15(20(32)33)24-18(30)13(7-5-6-8-21)23-19(31)16(11(3)26)25-17(29)12(22)9-14(27)28/h10-13,15-16,26H,4-9,21-22H2,1-3H3,(H,23,31)(H,24,30)(H,25,29)(H,27,28)(H,32,33). The van der Waals surface area contributed by atoms with Gasteiger partial charge in [-0.15, -0.1) is 0 Å². The summed E-state index contributed by atoms with van der Waals surface area (Å²) >= 11 is 0. The number of carbonyl (C=O) groups is 5. The van der Waals surface area contributed by atoms with Crippen molar-refractivity contribution in [2.45, 2.75) is 83.1 Å². The summed E-state index contributed by atoms with van der Waals surface area (Å²) in [6.45, 7) is 5.01. The lowest BCUT2D eigenvalue weighted by Gasteiger charge is -2.27. The molecule has 13 heteroatoms. The average Bonchev–Trinajstić information content (AvgIpc) is 2.73. The molecule has 0 aliphatic heterocycles. The van der Waals surface area contributed by atoms with Crippen LogP contribution in [0.4, 0.5) is 0 Å². The van der Waals surface area contributed by atoms with Crippen LogP contribution < -0.4 is 27.4 Å². The number of hydrogen-bond donors (Lipinski definition) is 8. The van der Waals surface area contributed by atoms with Crippen LogP contribution in [0.25, 0.3) is 0 Å². The van der Waals surface area contributed by atoms with Crippen LogP contribution in [-0.4, -0.2) is 81.8 Å². The molecule has 0 aromatic carbocycles. The topological polar surface area (TPSA) is 234 Å². The quantitative estimate of drug-likeness (QED) is 0.113. The lowest BCUT2D eigenvalue weighted by Crippen LogP contribution is -2.60. The predicted octanol–water partition coefficient (Wildman–Crippen LogP) is -2.12. The molecule has 0 aromatic rings. The first-order valence-electron chi connectivity index (χ1n) is 10.8. The molecule has 0 saturated carbocycles. The van der Waals surface area contributed by atoms with Gasteiger partial charge in [0.15, 0.2) is 0 Å². The van der Waals surface area contributed by atoms with Crippen molar-refractivity contribution in [3.63, 3.8) is 0 Å². The third kappa shape index (κ3) is 11.1. The third-order valence-corrected chi connectivity index (χ3v) is 5.15. The van der Waals surface area contributed by atoms with E-state index in [1.807, 2.05) is 0 Å². The van der Waals surface area contributed by atoms with Crippen LogP contribution in [0.2, 0.25) is 0 Å². The van der Waals surface area contributed by atoms with Gasteiger partial charge in [0.1, 0.15) is 18.1 Å². The first-order chi connectivity index (χ1) is 15.3. The number of nitrogens with two attached hydrogens (primary N) is 2. The third-order valence-electron chi connectivity index (χ3n) is 5.15. The molecule has 0 aliphatic carbocycles. The summed E-state index contributed by atoms with van der Waals surface area (Å²) < 4.78 is 0. The van der Waals surface area contributed by atoms with Gasteiger partial charge in [-0.1, -0.05) is 20.3 Å². The Morgan fingerprint density at radius 1 is 0.879 bits per heavy atom. The molecule has 13 nitrogen and oxygen atoms in total. The number of unbranched alkanes of at least 4 members (excludes halogenated alkanes) is 1. The Balaban J connectivity index is 5.49. The Labute approximate surface area is 192 Å². The number of carboxylic acid groups (broad SMARTS) is 2. The van der Waals surface area contributed by atoms with Crippen molar-refractivity contribution in [1.29, 1.82) is 0 Å². The summed E-state index contributed by atoms with van der Waals surface area (Å²) in [5.41, 5.74) is 11.0. The second kappa shape index (κ2) is 15.1. The minimum atomic E-state index is -1.52. The molecule has 0 spiro atoms. The summed E-state index contributed by atoms with van der Waals surface area (Å²) in [6.07, 6.45) is -0.449. The summed E-state index contributed by atoms with van der Waals surface area (Å²) in [5, 5.41) is 35.2. The van der Waals surface area contributed by atoms with Gasteiger partial charge >= 0.3 is 11.9 Å². The van der Waals surface area contributed by atoms with Gasteiger partial charge in [0, 0.05) is 0 Å². The summed E-state index contributed by atoms with van der Waals surface area (Å²) in [7, 11) is 0. The van der Waals surface area contributed by atoms with E-state index in [1.54, 1.807) is 13.8 Å². The van der Waals surface area contributed by atoms with E-state index in [-0.39, 0.29) is 12.3 Å². The largest absolute Gasteiger partial charge is 0.481 e. The van der Waals surface area contributed by atoms with Crippen molar-refractivity contribution < 1.29 is 39.3 Å². The van der Waals surface area contributed by atoms with E-state index in [2.05, 4.69) is 16.0 Å². The number of rotatable bonds is 16. The molecular formula is C20H37N5O8. The molecule has 6 unspecified atom stereocenters. The lowest BCUT2D eigenvalue weighted by atomic mass is 9.98. The molecule has 0 bridgehead atoms. The Hall–Kier alpha value is -2.77. The van der Waals surface area contributed by atoms with E-state index >= 15 is 0 Å². The van der Waals surface area contributed by atoms with E-state index in [0.717, 1.165) is 0 Å². The lowest BCUT2D eigenvalue weighted by molar-refractivity contribution is -0.144. The molecule has 0 radical (unpaired) electrons. The zero-order valence-electron chi connectivity index (χ0n) is 19.2. The Morgan fingerprint density at radius 2 is 1.45 bits per heavy atom. The smallest absolute Gasteiger partial charge is 0.326 e. The van der Waals surface area contributed by atoms with Crippen molar-refractivity contribution in [1.82, 2.24) is 16.0 Å². The Kier molecular flexibility index (Phi) is 13.9. The van der Waals surface area contributed by atoms with Gasteiger partial charge in [-0.05, 0) is 38.6 Å². The van der Waals surface area contributed by atoms with Crippen LogP contribution in [0, 0.1) is 5.92 Å². The average molecular weight is 476 g/mol. The van der Waals surface area contributed by atoms with Crippen molar-refractivity contribution in [3.8, 4) is 0 Å². The number of hydrogen-bond acceptors (Lipinski definition) is 8. The van der Waals surface area contributed by atoms with E-state index in [4.69, 9.17) is 16.6 Å². The van der Waals surface area contributed by atoms with E-state index < -0.39 is 66.4 Å². The maximum Gasteiger partial charge on any atom is 0.326 e. The minimum absolute atomic E-state index is 0.140. The second-order valence-electron chi connectivity index (χ2n) is 7.99. The van der Waals surface area contributed by atoms with Crippen molar-refractivity contribution in [2.24, 2.45) is 17.4 Å². The Morgan fingerprint density at radius 3 is 1.91 bits per heavy atom. The van der Waals surface area contributed by atoms with Crippen molar-refractivity contribution in [3.05, 3.63) is 0 Å². The van der Waals surface area contributed by atoms with Gasteiger partial charge in [-0.2, -0.15) is 0 Å². The SMILES string of the molecule is CCC(C)C(NC(=O)C(CCCCN)NC(=O)C(NC(=O)C(N)CC(=O)O)C(C)O)C(=O)O. The number of carbonyl (C=O) groups excluding carboxylic acids is 3. The summed E-state index contributed by atoms with van der Waals surface area (Å²) in [4.78, 5) is 59.9. The van der Waals surface area contributed by atoms with Gasteiger partial charge < -0.3 is 42.7 Å². The first-order valence-corrected chi connectivity index (χ1v) is 10.8. The first kappa shape index (κ1) is 30.2. The van der Waals surface area contributed by atoms with Crippen molar-refractivity contribution in [2.75, 3.05) is 6.54 Å². The maximum atomic E-state index is 12.8. The van der Waals surface area contributed by atoms with E-state index in [0.29, 0.717) is 25.8 Å². The van der Waals surface area contributed by atoms with Gasteiger partial charge in [0.25, 0.3) is 0 Å². The normalized spacial score (nSPS) is 16.4. The van der Waals surface area contributed by atoms with Crippen LogP contribution in [-0.2, 0) is 24.0 Å². The van der Waals surface area contributed by atoms with E-state index in [9.17, 15) is 34.2 Å². The minimum Gasteiger partial charge on any atom is -0.481 e. The van der Waals surface area contributed by atoms with E-state index in [1.165, 1.54) is 6.92 Å². The number of carboxylic acids is 2. The highest BCUT2D eigenvalue weighted by molar-refractivity contribution is 5.95. The number of aliphatic hydroxyl groups excluding tert-OH is 1. The predicted molar refractivity (Wildman–Crippen MR) is 118 cm³/mol. The molecule has 0 fully saturated rings. The summed E-state index contributed by atoms with van der Waals surface area (Å²) in [6, 6.07) is -5.29. The number of amides is 3. The summed E-state index contributed by atoms with van der Waals surface area (Å²) in [5.74, 6) is -5.51. The molecule has 6 atom stereocenters. The molecule has 190 valence electrons. The Bertz CT molecular complexity index is 687. The maximum absolute atomic E-state index is 12.8. The molecule has 0 aromatic heterocycles. The molecule has 0 saturated heterocycles. The molecule has 0 rings (SSSR count). The molecule has 0 heterocycles. The van der Waals surface area contributed by atoms with Crippen molar-refractivity contribution >= 4 is 29.7 Å². The zero-order chi connectivity index (χ0) is 25.7. The number of nitrogens with one attached hydrogen (secondary N) is 3. The van der Waals surface area contributed by atoms with Gasteiger partial charge in [-0.25, -0.2) is 4.79 Å². The second-order valence-corrected chi connectivity index (χ2v) is 7.99. The van der Waals surface area contributed by atoms with Crippen LogP contribution in [0.3, 0.4) is 0 Å². The van der Waals surface area contributed by atoms with Crippen LogP contribution in [0.15, 0.2) is 0 Å². The highest BCUT2D eigenvalue weighted by Gasteiger charge is 2.33. The molecule has 10 N–H and O–H groups in total. The highest BCUT2D eigenvalue weighted by atomic mass is 16.4. The number of aliphatic carboxylic acids is 2. The fraction of sp³-hybridized carbons (Fsp3) is 0.750. The molecular weight excluding hydrogens is 438 g/mol. The van der Waals surface area contributed by atoms with Gasteiger partial charge in [0.2, 0.25) is 17.7 Å². The molecule has 3 amide bonds. The fourth-order valence-electron chi connectivity index (χ4n) is 2.91. The molecule has 33 heavy (non-hydrogen) atoms. The molecule has 0 aliphatic rings. The van der Waals surface area contributed by atoms with Crippen LogP contribution >= 0.6 is 0 Å². The van der Waals surface area contributed by atoms with Crippen LogP contribution in [0.5, 0.6) is 0 Å². The monoisotopic (exact) mass is 475 g/mol. The van der Waals surface area contributed by atoms with Crippen LogP contribution in [0.1, 0.15) is 52.9 Å². The highest BCUT2D eigenvalue weighted by Crippen LogP contribution is 2.10. The van der Waals surface area contributed by atoms with Gasteiger partial charge in [-0.3, -0.25) is 19.2 Å². The zero-order valence-corrected chi connectivity index (χ0v) is 19.2.